The lowest BCUT2D eigenvalue weighted by Crippen LogP contribution is -2.17. The lowest BCUT2D eigenvalue weighted by atomic mass is 10.2. The van der Waals surface area contributed by atoms with Gasteiger partial charge in [-0.15, -0.1) is 11.8 Å². The predicted molar refractivity (Wildman–Crippen MR) is 102 cm³/mol. The first kappa shape index (κ1) is 17.7. The van der Waals surface area contributed by atoms with E-state index < -0.39 is 10.1 Å². The Labute approximate surface area is 151 Å². The van der Waals surface area contributed by atoms with Gasteiger partial charge in [0.2, 0.25) is 0 Å². The topological polar surface area (TPSA) is 70.5 Å². The summed E-state index contributed by atoms with van der Waals surface area (Å²) in [5, 5.41) is 0.683. The number of anilines is 1. The molecule has 0 saturated carbocycles. The molecule has 1 aliphatic heterocycles. The second-order valence-corrected chi connectivity index (χ2v) is 7.84. The van der Waals surface area contributed by atoms with Crippen LogP contribution in [0.3, 0.4) is 0 Å². The molecular weight excluding hydrogens is 356 g/mol. The Balaban J connectivity index is 0.000000150. The van der Waals surface area contributed by atoms with Crippen LogP contribution in [0.2, 0.25) is 0 Å². The second kappa shape index (κ2) is 7.43. The van der Waals surface area contributed by atoms with Crippen LogP contribution in [0.25, 0.3) is 10.9 Å². The van der Waals surface area contributed by atoms with Crippen molar-refractivity contribution in [2.45, 2.75) is 16.7 Å². The molecule has 25 heavy (non-hydrogen) atoms. The highest BCUT2D eigenvalue weighted by Gasteiger charge is 2.16. The van der Waals surface area contributed by atoms with Gasteiger partial charge < -0.3 is 4.90 Å². The number of nitrogens with zero attached hydrogens (tertiary/aromatic N) is 2. The van der Waals surface area contributed by atoms with E-state index in [1.165, 1.54) is 22.7 Å². The summed E-state index contributed by atoms with van der Waals surface area (Å²) in [7, 11) is -4.12. The van der Waals surface area contributed by atoms with Crippen LogP contribution in [0.1, 0.15) is 6.92 Å². The summed E-state index contributed by atoms with van der Waals surface area (Å²) < 4.78 is 30.4. The van der Waals surface area contributed by atoms with Crippen LogP contribution < -0.4 is 4.90 Å². The number of rotatable bonds is 2. The maximum absolute atomic E-state index is 10.8. The van der Waals surface area contributed by atoms with Crippen molar-refractivity contribution in [3.8, 4) is 0 Å². The third-order valence-electron chi connectivity index (χ3n) is 3.84. The fourth-order valence-corrected chi connectivity index (χ4v) is 4.19. The van der Waals surface area contributed by atoms with Crippen molar-refractivity contribution in [3.63, 3.8) is 0 Å². The smallest absolute Gasteiger partial charge is 0.294 e. The van der Waals surface area contributed by atoms with Gasteiger partial charge in [-0.05, 0) is 43.3 Å². The van der Waals surface area contributed by atoms with Crippen LogP contribution in [-0.4, -0.2) is 30.4 Å². The van der Waals surface area contributed by atoms with E-state index in [1.54, 1.807) is 24.4 Å². The summed E-state index contributed by atoms with van der Waals surface area (Å²) in [5.41, 5.74) is 2.10. The van der Waals surface area contributed by atoms with Crippen molar-refractivity contribution in [1.29, 1.82) is 0 Å². The molecule has 0 radical (unpaired) electrons. The van der Waals surface area contributed by atoms with Crippen LogP contribution in [-0.2, 0) is 10.1 Å². The minimum Gasteiger partial charge on any atom is -0.361 e. The number of para-hydroxylation sites is 1. The third kappa shape index (κ3) is 4.12. The summed E-state index contributed by atoms with van der Waals surface area (Å²) in [5.74, 6) is 1.12. The van der Waals surface area contributed by atoms with Crippen molar-refractivity contribution in [3.05, 3.63) is 60.8 Å². The molecule has 0 amide bonds. The van der Waals surface area contributed by atoms with E-state index in [0.717, 1.165) is 12.4 Å². The summed E-state index contributed by atoms with van der Waals surface area (Å²) in [4.78, 5) is 7.73. The van der Waals surface area contributed by atoms with E-state index in [9.17, 15) is 8.42 Å². The van der Waals surface area contributed by atoms with Crippen molar-refractivity contribution < 1.29 is 13.0 Å². The number of pyridine rings is 1. The summed E-state index contributed by atoms with van der Waals surface area (Å²) >= 11 is 1.93. The zero-order valence-electron chi connectivity index (χ0n) is 13.7. The van der Waals surface area contributed by atoms with Crippen LogP contribution in [0, 0.1) is 0 Å². The molecule has 0 aliphatic carbocycles. The maximum Gasteiger partial charge on any atom is 0.294 e. The van der Waals surface area contributed by atoms with Gasteiger partial charge in [0, 0.05) is 23.0 Å². The largest absolute Gasteiger partial charge is 0.361 e. The zero-order valence-corrected chi connectivity index (χ0v) is 15.3. The Hall–Kier alpha value is -2.09. The Morgan fingerprint density at radius 3 is 2.72 bits per heavy atom. The summed E-state index contributed by atoms with van der Waals surface area (Å²) in [6, 6.07) is 16.3. The first-order valence-electron chi connectivity index (χ1n) is 7.78. The van der Waals surface area contributed by atoms with E-state index >= 15 is 0 Å². The first-order chi connectivity index (χ1) is 12.0. The number of thioether (sulfide) groups is 1. The lowest BCUT2D eigenvalue weighted by molar-refractivity contribution is 0.483. The SMILES string of the molecule is CCN1CSc2ccccc21.O=S(=O)(O)c1ccc2ncccc2c1. The van der Waals surface area contributed by atoms with E-state index in [1.807, 2.05) is 11.8 Å². The van der Waals surface area contributed by atoms with Gasteiger partial charge in [-0.1, -0.05) is 18.2 Å². The quantitative estimate of drug-likeness (QED) is 0.682. The Morgan fingerprint density at radius 2 is 1.96 bits per heavy atom. The highest BCUT2D eigenvalue weighted by atomic mass is 32.2. The summed E-state index contributed by atoms with van der Waals surface area (Å²) in [6.07, 6.45) is 1.62. The molecule has 0 unspecified atom stereocenters. The average Bonchev–Trinajstić information content (AvgIpc) is 3.04. The number of hydrogen-bond donors (Lipinski definition) is 1. The Kier molecular flexibility index (Phi) is 5.27. The molecule has 1 N–H and O–H groups in total. The lowest BCUT2D eigenvalue weighted by Gasteiger charge is -2.14. The van der Waals surface area contributed by atoms with Crippen LogP contribution in [0.5, 0.6) is 0 Å². The molecular formula is C18H18N2O3S2. The number of hydrogen-bond acceptors (Lipinski definition) is 5. The monoisotopic (exact) mass is 374 g/mol. The molecule has 3 aromatic rings. The van der Waals surface area contributed by atoms with Gasteiger partial charge in [0.05, 0.1) is 22.0 Å². The van der Waals surface area contributed by atoms with E-state index in [2.05, 4.69) is 41.1 Å². The molecule has 0 saturated heterocycles. The van der Waals surface area contributed by atoms with Gasteiger partial charge in [-0.3, -0.25) is 9.54 Å². The molecule has 5 nitrogen and oxygen atoms in total. The Bertz CT molecular complexity index is 990. The van der Waals surface area contributed by atoms with Gasteiger partial charge in [0.25, 0.3) is 10.1 Å². The molecule has 2 aromatic carbocycles. The highest BCUT2D eigenvalue weighted by molar-refractivity contribution is 7.99. The normalized spacial score (nSPS) is 13.3. The molecule has 0 bridgehead atoms. The Morgan fingerprint density at radius 1 is 1.16 bits per heavy atom. The molecule has 1 aliphatic rings. The van der Waals surface area contributed by atoms with Crippen molar-refractivity contribution >= 4 is 38.5 Å². The minimum absolute atomic E-state index is 0.113. The molecule has 4 rings (SSSR count). The standard InChI is InChI=1S/C9H7NO3S.C9H11NS/c11-14(12,13)8-3-4-9-7(6-8)2-1-5-10-9;1-2-10-7-11-9-6-4-3-5-8(9)10/h1-6H,(H,11,12,13);3-6H,2,7H2,1H3. The first-order valence-corrected chi connectivity index (χ1v) is 10.2. The molecule has 2 heterocycles. The second-order valence-electron chi connectivity index (χ2n) is 5.43. The van der Waals surface area contributed by atoms with Crippen LogP contribution >= 0.6 is 11.8 Å². The van der Waals surface area contributed by atoms with Gasteiger partial charge in [-0.25, -0.2) is 0 Å². The fraction of sp³-hybridized carbons (Fsp3) is 0.167. The highest BCUT2D eigenvalue weighted by Crippen LogP contribution is 2.37. The fourth-order valence-electron chi connectivity index (χ4n) is 2.53. The van der Waals surface area contributed by atoms with Gasteiger partial charge in [0.15, 0.2) is 0 Å². The van der Waals surface area contributed by atoms with E-state index in [0.29, 0.717) is 10.9 Å². The number of aromatic nitrogens is 1. The van der Waals surface area contributed by atoms with Gasteiger partial charge >= 0.3 is 0 Å². The molecule has 0 atom stereocenters. The zero-order chi connectivity index (χ0) is 17.9. The molecule has 130 valence electrons. The minimum atomic E-state index is -4.12. The maximum atomic E-state index is 10.8. The van der Waals surface area contributed by atoms with E-state index in [-0.39, 0.29) is 4.90 Å². The molecule has 7 heteroatoms. The molecule has 1 aromatic heterocycles. The number of fused-ring (bicyclic) bond motifs is 2. The number of benzene rings is 2. The predicted octanol–water partition coefficient (Wildman–Crippen LogP) is 4.06. The molecule has 0 fully saturated rings. The van der Waals surface area contributed by atoms with Crippen molar-refractivity contribution in [1.82, 2.24) is 4.98 Å². The van der Waals surface area contributed by atoms with Crippen LogP contribution in [0.4, 0.5) is 5.69 Å². The average molecular weight is 374 g/mol. The van der Waals surface area contributed by atoms with Gasteiger partial charge in [-0.2, -0.15) is 8.42 Å². The summed E-state index contributed by atoms with van der Waals surface area (Å²) in [6.45, 7) is 3.31. The molecule has 0 spiro atoms. The van der Waals surface area contributed by atoms with Crippen molar-refractivity contribution in [2.75, 3.05) is 17.3 Å². The van der Waals surface area contributed by atoms with Crippen molar-refractivity contribution in [2.24, 2.45) is 0 Å². The van der Waals surface area contributed by atoms with Gasteiger partial charge in [0.1, 0.15) is 0 Å². The van der Waals surface area contributed by atoms with Crippen LogP contribution in [0.15, 0.2) is 70.6 Å². The van der Waals surface area contributed by atoms with E-state index in [4.69, 9.17) is 4.55 Å². The third-order valence-corrected chi connectivity index (χ3v) is 5.78.